The summed E-state index contributed by atoms with van der Waals surface area (Å²) in [7, 11) is 1.92. The van der Waals surface area contributed by atoms with Crippen LogP contribution in [0.5, 0.6) is 0 Å². The molecule has 1 saturated carbocycles. The molecular formula is C12H19N3S. The summed E-state index contributed by atoms with van der Waals surface area (Å²) < 4.78 is 0. The van der Waals surface area contributed by atoms with E-state index in [0.29, 0.717) is 6.04 Å². The summed E-state index contributed by atoms with van der Waals surface area (Å²) >= 11 is 1.99. The van der Waals surface area contributed by atoms with Crippen molar-refractivity contribution in [3.63, 3.8) is 0 Å². The van der Waals surface area contributed by atoms with Gasteiger partial charge in [-0.05, 0) is 31.6 Å². The molecule has 0 radical (unpaired) electrons. The largest absolute Gasteiger partial charge is 0.387 e. The van der Waals surface area contributed by atoms with Gasteiger partial charge in [0.15, 0.2) is 0 Å². The molecule has 88 valence electrons. The fourth-order valence-electron chi connectivity index (χ4n) is 2.18. The summed E-state index contributed by atoms with van der Waals surface area (Å²) in [5.41, 5.74) is 2.18. The molecule has 0 bridgehead atoms. The molecule has 0 aromatic carbocycles. The van der Waals surface area contributed by atoms with E-state index in [1.165, 1.54) is 19.3 Å². The summed E-state index contributed by atoms with van der Waals surface area (Å²) in [4.78, 5) is 4.21. The molecule has 0 spiro atoms. The minimum Gasteiger partial charge on any atom is -0.387 e. The van der Waals surface area contributed by atoms with Gasteiger partial charge in [-0.3, -0.25) is 4.98 Å². The number of thioether (sulfide) groups is 1. The van der Waals surface area contributed by atoms with Crippen molar-refractivity contribution in [3.05, 3.63) is 18.5 Å². The fraction of sp³-hybridized carbons (Fsp3) is 0.583. The van der Waals surface area contributed by atoms with Crippen LogP contribution in [0, 0.1) is 0 Å². The van der Waals surface area contributed by atoms with Crippen LogP contribution in [0.15, 0.2) is 18.5 Å². The number of pyridine rings is 1. The van der Waals surface area contributed by atoms with Crippen LogP contribution in [0.4, 0.5) is 11.4 Å². The molecule has 1 fully saturated rings. The van der Waals surface area contributed by atoms with Gasteiger partial charge in [-0.2, -0.15) is 11.8 Å². The lowest BCUT2D eigenvalue weighted by atomic mass is 10.2. The van der Waals surface area contributed by atoms with Crippen molar-refractivity contribution in [1.29, 1.82) is 0 Å². The predicted molar refractivity (Wildman–Crippen MR) is 72.3 cm³/mol. The Balaban J connectivity index is 1.94. The van der Waals surface area contributed by atoms with E-state index in [-0.39, 0.29) is 0 Å². The second-order valence-electron chi connectivity index (χ2n) is 4.22. The number of aromatic nitrogens is 1. The van der Waals surface area contributed by atoms with Crippen molar-refractivity contribution in [3.8, 4) is 0 Å². The highest BCUT2D eigenvalue weighted by molar-refractivity contribution is 7.99. The zero-order valence-electron chi connectivity index (χ0n) is 9.86. The standard InChI is InChI=1S/C12H19N3S/c1-13-10-5-11(8-14-7-10)15-9-3-4-12(6-9)16-2/h5,7-9,12-13,15H,3-4,6H2,1-2H3. The Hall–Kier alpha value is -0.900. The average molecular weight is 237 g/mol. The minimum atomic E-state index is 0.617. The average Bonchev–Trinajstić information content (AvgIpc) is 2.77. The molecule has 1 aliphatic rings. The first-order valence-electron chi connectivity index (χ1n) is 5.74. The zero-order valence-corrected chi connectivity index (χ0v) is 10.7. The van der Waals surface area contributed by atoms with Gasteiger partial charge in [0.25, 0.3) is 0 Å². The van der Waals surface area contributed by atoms with Crippen LogP contribution in [-0.2, 0) is 0 Å². The van der Waals surface area contributed by atoms with Crippen molar-refractivity contribution in [1.82, 2.24) is 4.98 Å². The van der Waals surface area contributed by atoms with E-state index in [2.05, 4.69) is 27.9 Å². The van der Waals surface area contributed by atoms with Crippen LogP contribution in [0.3, 0.4) is 0 Å². The van der Waals surface area contributed by atoms with E-state index in [4.69, 9.17) is 0 Å². The lowest BCUT2D eigenvalue weighted by Gasteiger charge is -2.14. The third-order valence-electron chi connectivity index (χ3n) is 3.12. The van der Waals surface area contributed by atoms with Gasteiger partial charge in [0.2, 0.25) is 0 Å². The van der Waals surface area contributed by atoms with Crippen LogP contribution in [0.2, 0.25) is 0 Å². The molecule has 2 rings (SSSR count). The van der Waals surface area contributed by atoms with E-state index < -0.39 is 0 Å². The van der Waals surface area contributed by atoms with Crippen molar-refractivity contribution in [2.24, 2.45) is 0 Å². The summed E-state index contributed by atoms with van der Waals surface area (Å²) in [5.74, 6) is 0. The van der Waals surface area contributed by atoms with Crippen molar-refractivity contribution in [2.45, 2.75) is 30.6 Å². The highest BCUT2D eigenvalue weighted by Gasteiger charge is 2.23. The van der Waals surface area contributed by atoms with Crippen molar-refractivity contribution < 1.29 is 0 Å². The van der Waals surface area contributed by atoms with Crippen LogP contribution in [0.1, 0.15) is 19.3 Å². The topological polar surface area (TPSA) is 37.0 Å². The maximum absolute atomic E-state index is 4.21. The van der Waals surface area contributed by atoms with Gasteiger partial charge >= 0.3 is 0 Å². The minimum absolute atomic E-state index is 0.617. The third-order valence-corrected chi connectivity index (χ3v) is 4.21. The maximum Gasteiger partial charge on any atom is 0.0549 e. The number of nitrogens with zero attached hydrogens (tertiary/aromatic N) is 1. The Morgan fingerprint density at radius 2 is 2.12 bits per heavy atom. The molecule has 0 amide bonds. The van der Waals surface area contributed by atoms with Gasteiger partial charge in [-0.25, -0.2) is 0 Å². The second kappa shape index (κ2) is 5.43. The lowest BCUT2D eigenvalue weighted by Crippen LogP contribution is -2.16. The molecule has 16 heavy (non-hydrogen) atoms. The Morgan fingerprint density at radius 3 is 2.81 bits per heavy atom. The molecule has 1 aromatic rings. The molecule has 3 nitrogen and oxygen atoms in total. The van der Waals surface area contributed by atoms with Gasteiger partial charge in [0.05, 0.1) is 23.8 Å². The van der Waals surface area contributed by atoms with Crippen LogP contribution < -0.4 is 10.6 Å². The summed E-state index contributed by atoms with van der Waals surface area (Å²) in [6.45, 7) is 0. The second-order valence-corrected chi connectivity index (χ2v) is 5.36. The number of anilines is 2. The first-order chi connectivity index (χ1) is 7.81. The number of rotatable bonds is 4. The monoisotopic (exact) mass is 237 g/mol. The summed E-state index contributed by atoms with van der Waals surface area (Å²) in [6, 6.07) is 2.73. The maximum atomic E-state index is 4.21. The predicted octanol–water partition coefficient (Wildman–Crippen LogP) is 2.82. The van der Waals surface area contributed by atoms with Crippen molar-refractivity contribution >= 4 is 23.1 Å². The van der Waals surface area contributed by atoms with Crippen molar-refractivity contribution in [2.75, 3.05) is 23.9 Å². The molecule has 2 unspecified atom stereocenters. The van der Waals surface area contributed by atoms with Crippen LogP contribution >= 0.6 is 11.8 Å². The first kappa shape index (κ1) is 11.6. The zero-order chi connectivity index (χ0) is 11.4. The summed E-state index contributed by atoms with van der Waals surface area (Å²) in [5, 5.41) is 7.50. The Labute approximate surface area is 101 Å². The van der Waals surface area contributed by atoms with Crippen LogP contribution in [-0.4, -0.2) is 29.6 Å². The normalized spacial score (nSPS) is 24.4. The fourth-order valence-corrected chi connectivity index (χ4v) is 2.97. The molecule has 1 aliphatic carbocycles. The number of hydrogen-bond acceptors (Lipinski definition) is 4. The Morgan fingerprint density at radius 1 is 1.31 bits per heavy atom. The first-order valence-corrected chi connectivity index (χ1v) is 7.02. The molecule has 4 heteroatoms. The van der Waals surface area contributed by atoms with Gasteiger partial charge in [0, 0.05) is 18.3 Å². The molecule has 2 atom stereocenters. The van der Waals surface area contributed by atoms with E-state index in [0.717, 1.165) is 16.6 Å². The van der Waals surface area contributed by atoms with E-state index in [9.17, 15) is 0 Å². The molecule has 2 N–H and O–H groups in total. The SMILES string of the molecule is CNc1cncc(NC2CCC(SC)C2)c1. The molecule has 0 saturated heterocycles. The lowest BCUT2D eigenvalue weighted by molar-refractivity contribution is 0.756. The highest BCUT2D eigenvalue weighted by atomic mass is 32.2. The Bertz CT molecular complexity index is 343. The van der Waals surface area contributed by atoms with Gasteiger partial charge in [-0.15, -0.1) is 0 Å². The Kier molecular flexibility index (Phi) is 3.93. The van der Waals surface area contributed by atoms with E-state index in [1.807, 2.05) is 31.2 Å². The van der Waals surface area contributed by atoms with E-state index >= 15 is 0 Å². The number of hydrogen-bond donors (Lipinski definition) is 2. The van der Waals surface area contributed by atoms with Crippen LogP contribution in [0.25, 0.3) is 0 Å². The van der Waals surface area contributed by atoms with Gasteiger partial charge in [-0.1, -0.05) is 0 Å². The van der Waals surface area contributed by atoms with Gasteiger partial charge in [0.1, 0.15) is 0 Å². The molecular weight excluding hydrogens is 218 g/mol. The quantitative estimate of drug-likeness (QED) is 0.844. The summed E-state index contributed by atoms with van der Waals surface area (Å²) in [6.07, 6.45) is 9.81. The van der Waals surface area contributed by atoms with E-state index in [1.54, 1.807) is 0 Å². The third kappa shape index (κ3) is 2.82. The number of nitrogens with one attached hydrogen (secondary N) is 2. The molecule has 1 aromatic heterocycles. The van der Waals surface area contributed by atoms with Gasteiger partial charge < -0.3 is 10.6 Å². The molecule has 1 heterocycles. The molecule has 0 aliphatic heterocycles. The highest BCUT2D eigenvalue weighted by Crippen LogP contribution is 2.30. The smallest absolute Gasteiger partial charge is 0.0549 e.